The first kappa shape index (κ1) is 28.0. The number of carboxylic acids is 2. The van der Waals surface area contributed by atoms with Crippen LogP contribution in [-0.4, -0.2) is 60.4 Å². The van der Waals surface area contributed by atoms with Crippen molar-refractivity contribution >= 4 is 11.9 Å². The summed E-state index contributed by atoms with van der Waals surface area (Å²) < 4.78 is 11.5. The van der Waals surface area contributed by atoms with Gasteiger partial charge in [-0.2, -0.15) is 0 Å². The lowest BCUT2D eigenvalue weighted by atomic mass is 10.1. The third kappa shape index (κ3) is 11.9. The fraction of sp³-hybridized carbons (Fsp3) is 0.462. The van der Waals surface area contributed by atoms with Crippen LogP contribution in [0.1, 0.15) is 44.2 Å². The third-order valence-corrected chi connectivity index (χ3v) is 4.92. The second-order valence-electron chi connectivity index (χ2n) is 7.62. The van der Waals surface area contributed by atoms with Crippen LogP contribution in [0.4, 0.5) is 0 Å². The number of rotatable bonds is 13. The topological polar surface area (TPSA) is 96.3 Å². The Balaban J connectivity index is 0.000000801. The summed E-state index contributed by atoms with van der Waals surface area (Å²) in [5, 5.41) is 14.8. The molecule has 7 heteroatoms. The SMILES string of the molecule is CCCN(CCC)CCCc1ccc(OC)c(OCCc2ccccc2)c1.O=C(O)C(=O)O. The maximum Gasteiger partial charge on any atom is 0.414 e. The van der Waals surface area contributed by atoms with E-state index in [4.69, 9.17) is 29.3 Å². The molecule has 0 heterocycles. The van der Waals surface area contributed by atoms with E-state index in [1.165, 1.54) is 43.5 Å². The lowest BCUT2D eigenvalue weighted by Crippen LogP contribution is -2.26. The van der Waals surface area contributed by atoms with E-state index in [2.05, 4.69) is 55.1 Å². The molecule has 0 aliphatic heterocycles. The van der Waals surface area contributed by atoms with Gasteiger partial charge >= 0.3 is 11.9 Å². The summed E-state index contributed by atoms with van der Waals surface area (Å²) in [6, 6.07) is 16.8. The van der Waals surface area contributed by atoms with Crippen molar-refractivity contribution in [1.29, 1.82) is 0 Å². The fourth-order valence-corrected chi connectivity index (χ4v) is 3.39. The normalized spacial score (nSPS) is 10.3. The molecular weight excluding hydrogens is 422 g/mol. The molecule has 2 aromatic carbocycles. The zero-order chi connectivity index (χ0) is 24.5. The van der Waals surface area contributed by atoms with Gasteiger partial charge in [-0.15, -0.1) is 0 Å². The average Bonchev–Trinajstić information content (AvgIpc) is 2.80. The lowest BCUT2D eigenvalue weighted by Gasteiger charge is -2.20. The number of benzene rings is 2. The Hall–Kier alpha value is -3.06. The predicted octanol–water partition coefficient (Wildman–Crippen LogP) is 4.53. The number of carbonyl (C=O) groups is 2. The first-order chi connectivity index (χ1) is 15.9. The molecule has 2 aromatic rings. The molecule has 0 saturated heterocycles. The quantitative estimate of drug-likeness (QED) is 0.425. The van der Waals surface area contributed by atoms with Gasteiger partial charge in [0.15, 0.2) is 11.5 Å². The number of methoxy groups -OCH3 is 1. The first-order valence-corrected chi connectivity index (χ1v) is 11.4. The molecular formula is C26H37NO6. The van der Waals surface area contributed by atoms with Crippen LogP contribution in [0.2, 0.25) is 0 Å². The molecule has 0 saturated carbocycles. The maximum absolute atomic E-state index is 9.10. The van der Waals surface area contributed by atoms with Crippen LogP contribution < -0.4 is 9.47 Å². The molecule has 0 bridgehead atoms. The molecule has 0 amide bonds. The van der Waals surface area contributed by atoms with Gasteiger partial charge < -0.3 is 24.6 Å². The maximum atomic E-state index is 9.10. The second-order valence-corrected chi connectivity index (χ2v) is 7.62. The number of nitrogens with zero attached hydrogens (tertiary/aromatic N) is 1. The Labute approximate surface area is 197 Å². The van der Waals surface area contributed by atoms with Gasteiger partial charge in [0.05, 0.1) is 13.7 Å². The highest BCUT2D eigenvalue weighted by Crippen LogP contribution is 2.28. The summed E-state index contributed by atoms with van der Waals surface area (Å²) in [6.07, 6.45) is 5.60. The summed E-state index contributed by atoms with van der Waals surface area (Å²) in [5.74, 6) is -1.99. The monoisotopic (exact) mass is 459 g/mol. The van der Waals surface area contributed by atoms with E-state index in [0.29, 0.717) is 6.61 Å². The molecule has 0 aliphatic carbocycles. The molecule has 2 N–H and O–H groups in total. The number of hydrogen-bond donors (Lipinski definition) is 2. The molecule has 33 heavy (non-hydrogen) atoms. The highest BCUT2D eigenvalue weighted by Gasteiger charge is 2.08. The van der Waals surface area contributed by atoms with E-state index < -0.39 is 11.9 Å². The van der Waals surface area contributed by atoms with E-state index in [-0.39, 0.29) is 0 Å². The van der Waals surface area contributed by atoms with Gasteiger partial charge in [0, 0.05) is 6.42 Å². The van der Waals surface area contributed by atoms with Gasteiger partial charge in [-0.3, -0.25) is 0 Å². The van der Waals surface area contributed by atoms with Crippen LogP contribution in [0.25, 0.3) is 0 Å². The zero-order valence-electron chi connectivity index (χ0n) is 20.0. The minimum Gasteiger partial charge on any atom is -0.493 e. The molecule has 2 rings (SSSR count). The van der Waals surface area contributed by atoms with E-state index >= 15 is 0 Å². The van der Waals surface area contributed by atoms with Gasteiger partial charge in [0.25, 0.3) is 0 Å². The molecule has 0 fully saturated rings. The molecule has 0 radical (unpaired) electrons. The van der Waals surface area contributed by atoms with Gasteiger partial charge in [-0.25, -0.2) is 9.59 Å². The van der Waals surface area contributed by atoms with Crippen molar-refractivity contribution in [2.75, 3.05) is 33.4 Å². The van der Waals surface area contributed by atoms with Crippen LogP contribution in [0.15, 0.2) is 48.5 Å². The van der Waals surface area contributed by atoms with Crippen molar-refractivity contribution in [3.05, 3.63) is 59.7 Å². The first-order valence-electron chi connectivity index (χ1n) is 11.4. The van der Waals surface area contributed by atoms with Gasteiger partial charge in [-0.1, -0.05) is 50.2 Å². The Morgan fingerprint density at radius 2 is 1.45 bits per heavy atom. The fourth-order valence-electron chi connectivity index (χ4n) is 3.39. The van der Waals surface area contributed by atoms with Crippen molar-refractivity contribution in [3.63, 3.8) is 0 Å². The van der Waals surface area contributed by atoms with Crippen molar-refractivity contribution in [2.24, 2.45) is 0 Å². The number of hydrogen-bond acceptors (Lipinski definition) is 5. The minimum absolute atomic E-state index is 0.657. The number of aliphatic carboxylic acids is 2. The van der Waals surface area contributed by atoms with E-state index in [0.717, 1.165) is 30.9 Å². The molecule has 0 spiro atoms. The third-order valence-electron chi connectivity index (χ3n) is 4.92. The predicted molar refractivity (Wildman–Crippen MR) is 129 cm³/mol. The smallest absolute Gasteiger partial charge is 0.414 e. The summed E-state index contributed by atoms with van der Waals surface area (Å²) in [4.78, 5) is 20.8. The van der Waals surface area contributed by atoms with Crippen molar-refractivity contribution in [2.45, 2.75) is 46.0 Å². The number of ether oxygens (including phenoxy) is 2. The molecule has 0 aromatic heterocycles. The molecule has 182 valence electrons. The summed E-state index contributed by atoms with van der Waals surface area (Å²) in [6.45, 7) is 8.73. The van der Waals surface area contributed by atoms with Crippen LogP contribution >= 0.6 is 0 Å². The Kier molecular flexibility index (Phi) is 14.0. The number of aryl methyl sites for hydroxylation is 1. The van der Waals surface area contributed by atoms with Crippen LogP contribution in [-0.2, 0) is 22.4 Å². The van der Waals surface area contributed by atoms with E-state index in [1.54, 1.807) is 7.11 Å². The Bertz CT molecular complexity index is 807. The van der Waals surface area contributed by atoms with Gasteiger partial charge in [0.2, 0.25) is 0 Å². The Morgan fingerprint density at radius 1 is 0.818 bits per heavy atom. The minimum atomic E-state index is -1.82. The highest BCUT2D eigenvalue weighted by atomic mass is 16.5. The second kappa shape index (κ2) is 16.6. The van der Waals surface area contributed by atoms with Crippen molar-refractivity contribution in [1.82, 2.24) is 4.90 Å². The van der Waals surface area contributed by atoms with Crippen molar-refractivity contribution < 1.29 is 29.3 Å². The highest BCUT2D eigenvalue weighted by molar-refractivity contribution is 6.27. The van der Waals surface area contributed by atoms with Crippen molar-refractivity contribution in [3.8, 4) is 11.5 Å². The summed E-state index contributed by atoms with van der Waals surface area (Å²) >= 11 is 0. The van der Waals surface area contributed by atoms with Crippen LogP contribution in [0.3, 0.4) is 0 Å². The lowest BCUT2D eigenvalue weighted by molar-refractivity contribution is -0.159. The van der Waals surface area contributed by atoms with Crippen LogP contribution in [0.5, 0.6) is 11.5 Å². The molecule has 0 aliphatic rings. The Morgan fingerprint density at radius 3 is 2.00 bits per heavy atom. The molecule has 0 unspecified atom stereocenters. The summed E-state index contributed by atoms with van der Waals surface area (Å²) in [7, 11) is 1.70. The van der Waals surface area contributed by atoms with Gasteiger partial charge in [0.1, 0.15) is 0 Å². The zero-order valence-corrected chi connectivity index (χ0v) is 20.0. The summed E-state index contributed by atoms with van der Waals surface area (Å²) in [5.41, 5.74) is 2.61. The molecule has 7 nitrogen and oxygen atoms in total. The molecule has 0 atom stereocenters. The largest absolute Gasteiger partial charge is 0.493 e. The van der Waals surface area contributed by atoms with E-state index in [9.17, 15) is 0 Å². The van der Waals surface area contributed by atoms with E-state index in [1.807, 2.05) is 12.1 Å². The number of carboxylic acid groups (broad SMARTS) is 2. The van der Waals surface area contributed by atoms with Gasteiger partial charge in [-0.05, 0) is 68.6 Å². The van der Waals surface area contributed by atoms with Crippen LogP contribution in [0, 0.1) is 0 Å². The standard InChI is InChI=1S/C24H35NO2.C2H2O4/c1-4-16-25(17-5-2)18-9-12-22-13-14-23(26-3)24(20-22)27-19-15-21-10-7-6-8-11-21;3-1(4)2(5)6/h6-8,10-11,13-14,20H,4-5,9,12,15-19H2,1-3H3;(H,3,4)(H,5,6). The average molecular weight is 460 g/mol.